The van der Waals surface area contributed by atoms with Gasteiger partial charge in [0.2, 0.25) is 0 Å². The molecule has 0 saturated carbocycles. The number of H-pyrrole nitrogens is 1. The van der Waals surface area contributed by atoms with Crippen LogP contribution in [0.2, 0.25) is 5.02 Å². The molecule has 2 aromatic heterocycles. The Bertz CT molecular complexity index is 636. The van der Waals surface area contributed by atoms with Crippen molar-refractivity contribution < 1.29 is 9.53 Å². The quantitative estimate of drug-likeness (QED) is 0.909. The van der Waals surface area contributed by atoms with Gasteiger partial charge in [0.05, 0.1) is 11.1 Å². The van der Waals surface area contributed by atoms with E-state index >= 15 is 0 Å². The van der Waals surface area contributed by atoms with Crippen molar-refractivity contribution in [1.29, 1.82) is 0 Å². The van der Waals surface area contributed by atoms with Crippen LogP contribution in [0, 0.1) is 0 Å². The number of aryl methyl sites for hydroxylation is 1. The fourth-order valence-electron chi connectivity index (χ4n) is 2.58. The summed E-state index contributed by atoms with van der Waals surface area (Å²) < 4.78 is 7.79. The van der Waals surface area contributed by atoms with Gasteiger partial charge >= 0.3 is 0 Å². The molecular formula is C14H17ClN4O2. The number of hydrogen-bond donors (Lipinski definition) is 2. The smallest absolute Gasteiger partial charge is 0.268 e. The van der Waals surface area contributed by atoms with Gasteiger partial charge in [0, 0.05) is 31.7 Å². The highest BCUT2D eigenvalue weighted by Crippen LogP contribution is 2.28. The summed E-state index contributed by atoms with van der Waals surface area (Å²) in [6, 6.07) is 1.52. The molecule has 7 heteroatoms. The number of halogens is 1. The first kappa shape index (κ1) is 14.2. The van der Waals surface area contributed by atoms with Gasteiger partial charge in [-0.1, -0.05) is 11.6 Å². The van der Waals surface area contributed by atoms with Gasteiger partial charge in [0.15, 0.2) is 0 Å². The number of carbonyl (C=O) groups excluding carboxylic acids is 1. The standard InChI is InChI=1S/C14H17ClN4O2/c1-2-19-5-4-16-13(19)12-10(3-6-21-12)18-14(20)11-7-9(15)8-17-11/h4-5,7-8,10,12,17H,2-3,6H2,1H3,(H,18,20)/t10-,12-/m0/s1. The Morgan fingerprint density at radius 2 is 2.52 bits per heavy atom. The molecule has 6 nitrogen and oxygen atoms in total. The lowest BCUT2D eigenvalue weighted by Gasteiger charge is -2.20. The summed E-state index contributed by atoms with van der Waals surface area (Å²) in [6.45, 7) is 3.48. The third-order valence-electron chi connectivity index (χ3n) is 3.64. The zero-order valence-electron chi connectivity index (χ0n) is 11.7. The molecule has 2 atom stereocenters. The lowest BCUT2D eigenvalue weighted by Crippen LogP contribution is -2.37. The van der Waals surface area contributed by atoms with Crippen molar-refractivity contribution in [3.05, 3.63) is 41.2 Å². The topological polar surface area (TPSA) is 71.9 Å². The molecule has 0 bridgehead atoms. The molecule has 1 fully saturated rings. The Morgan fingerprint density at radius 3 is 3.24 bits per heavy atom. The monoisotopic (exact) mass is 308 g/mol. The van der Waals surface area contributed by atoms with E-state index in [9.17, 15) is 4.79 Å². The van der Waals surface area contributed by atoms with E-state index in [1.54, 1.807) is 18.5 Å². The van der Waals surface area contributed by atoms with Crippen LogP contribution in [0.1, 0.15) is 35.8 Å². The molecule has 0 aliphatic carbocycles. The highest BCUT2D eigenvalue weighted by molar-refractivity contribution is 6.30. The molecule has 21 heavy (non-hydrogen) atoms. The predicted molar refractivity (Wildman–Crippen MR) is 78.3 cm³/mol. The second kappa shape index (κ2) is 5.91. The minimum Gasteiger partial charge on any atom is -0.368 e. The number of amides is 1. The van der Waals surface area contributed by atoms with Gasteiger partial charge in [-0.2, -0.15) is 0 Å². The Kier molecular flexibility index (Phi) is 3.98. The lowest BCUT2D eigenvalue weighted by molar-refractivity contribution is 0.0773. The average molecular weight is 309 g/mol. The van der Waals surface area contributed by atoms with Gasteiger partial charge < -0.3 is 19.6 Å². The summed E-state index contributed by atoms with van der Waals surface area (Å²) >= 11 is 5.82. The van der Waals surface area contributed by atoms with Crippen LogP contribution in [0.25, 0.3) is 0 Å². The van der Waals surface area contributed by atoms with E-state index in [0.29, 0.717) is 17.3 Å². The largest absolute Gasteiger partial charge is 0.368 e. The molecule has 112 valence electrons. The molecule has 1 amide bonds. The first-order valence-corrected chi connectivity index (χ1v) is 7.34. The molecule has 3 rings (SSSR count). The van der Waals surface area contributed by atoms with Crippen LogP contribution in [0.4, 0.5) is 0 Å². The molecule has 3 heterocycles. The summed E-state index contributed by atoms with van der Waals surface area (Å²) in [5.74, 6) is 0.668. The molecule has 0 radical (unpaired) electrons. The third-order valence-corrected chi connectivity index (χ3v) is 3.86. The number of hydrogen-bond acceptors (Lipinski definition) is 3. The summed E-state index contributed by atoms with van der Waals surface area (Å²) in [7, 11) is 0. The van der Waals surface area contributed by atoms with Crippen LogP contribution in [-0.2, 0) is 11.3 Å². The molecule has 0 aromatic carbocycles. The zero-order valence-corrected chi connectivity index (χ0v) is 12.4. The number of aromatic amines is 1. The maximum atomic E-state index is 12.2. The van der Waals surface area contributed by atoms with E-state index in [0.717, 1.165) is 18.8 Å². The van der Waals surface area contributed by atoms with Crippen molar-refractivity contribution in [2.24, 2.45) is 0 Å². The van der Waals surface area contributed by atoms with E-state index < -0.39 is 0 Å². The number of carbonyl (C=O) groups is 1. The van der Waals surface area contributed by atoms with Crippen LogP contribution in [-0.4, -0.2) is 33.1 Å². The number of nitrogens with zero attached hydrogens (tertiary/aromatic N) is 2. The van der Waals surface area contributed by atoms with Crippen LogP contribution in [0.5, 0.6) is 0 Å². The Morgan fingerprint density at radius 1 is 1.67 bits per heavy atom. The molecular weight excluding hydrogens is 292 g/mol. The number of aromatic nitrogens is 3. The number of ether oxygens (including phenoxy) is 1. The van der Waals surface area contributed by atoms with Crippen LogP contribution < -0.4 is 5.32 Å². The molecule has 2 aromatic rings. The molecule has 2 N–H and O–H groups in total. The molecule has 1 aliphatic rings. The first-order chi connectivity index (χ1) is 10.2. The van der Waals surface area contributed by atoms with E-state index in [4.69, 9.17) is 16.3 Å². The van der Waals surface area contributed by atoms with Crippen LogP contribution in [0.3, 0.4) is 0 Å². The van der Waals surface area contributed by atoms with E-state index in [1.807, 2.05) is 10.8 Å². The Hall–Kier alpha value is -1.79. The van der Waals surface area contributed by atoms with Crippen molar-refractivity contribution in [1.82, 2.24) is 19.9 Å². The zero-order chi connectivity index (χ0) is 14.8. The maximum Gasteiger partial charge on any atom is 0.268 e. The highest BCUT2D eigenvalue weighted by atomic mass is 35.5. The van der Waals surface area contributed by atoms with E-state index in [-0.39, 0.29) is 18.1 Å². The minimum absolute atomic E-state index is 0.0905. The molecule has 0 unspecified atom stereocenters. The van der Waals surface area contributed by atoms with Crippen molar-refractivity contribution in [2.75, 3.05) is 6.61 Å². The van der Waals surface area contributed by atoms with Gasteiger partial charge in [-0.15, -0.1) is 0 Å². The van der Waals surface area contributed by atoms with Crippen molar-refractivity contribution >= 4 is 17.5 Å². The number of nitrogens with one attached hydrogen (secondary N) is 2. The summed E-state index contributed by atoms with van der Waals surface area (Å²) in [5, 5.41) is 3.51. The predicted octanol–water partition coefficient (Wildman–Crippen LogP) is 2.14. The first-order valence-electron chi connectivity index (χ1n) is 6.96. The van der Waals surface area contributed by atoms with Gasteiger partial charge in [-0.25, -0.2) is 4.98 Å². The summed E-state index contributed by atoms with van der Waals surface area (Å²) in [5.41, 5.74) is 0.449. The minimum atomic E-state index is -0.214. The van der Waals surface area contributed by atoms with E-state index in [2.05, 4.69) is 22.2 Å². The van der Waals surface area contributed by atoms with Gasteiger partial charge in [-0.05, 0) is 19.4 Å². The van der Waals surface area contributed by atoms with Gasteiger partial charge in [0.1, 0.15) is 17.6 Å². The van der Waals surface area contributed by atoms with Crippen molar-refractivity contribution in [3.8, 4) is 0 Å². The van der Waals surface area contributed by atoms with Gasteiger partial charge in [-0.3, -0.25) is 4.79 Å². The second-order valence-corrected chi connectivity index (χ2v) is 5.40. The van der Waals surface area contributed by atoms with E-state index in [1.165, 1.54) is 0 Å². The fourth-order valence-corrected chi connectivity index (χ4v) is 2.75. The summed E-state index contributed by atoms with van der Waals surface area (Å²) in [6.07, 6.45) is 5.81. The average Bonchev–Trinajstić information content (AvgIpc) is 3.17. The van der Waals surface area contributed by atoms with Crippen molar-refractivity contribution in [2.45, 2.75) is 32.0 Å². The molecule has 0 spiro atoms. The second-order valence-electron chi connectivity index (χ2n) is 4.96. The SMILES string of the molecule is CCn1ccnc1[C@H]1OCC[C@@H]1NC(=O)c1cc(Cl)c[nH]1. The highest BCUT2D eigenvalue weighted by Gasteiger charge is 2.34. The molecule has 1 saturated heterocycles. The number of rotatable bonds is 4. The summed E-state index contributed by atoms with van der Waals surface area (Å²) in [4.78, 5) is 19.4. The Labute approximate surface area is 127 Å². The van der Waals surface area contributed by atoms with Gasteiger partial charge in [0.25, 0.3) is 5.91 Å². The Balaban J connectivity index is 1.74. The lowest BCUT2D eigenvalue weighted by atomic mass is 10.1. The fraction of sp³-hybridized carbons (Fsp3) is 0.429. The van der Waals surface area contributed by atoms with Crippen molar-refractivity contribution in [3.63, 3.8) is 0 Å². The maximum absolute atomic E-state index is 12.2. The number of imidazole rings is 1. The third kappa shape index (κ3) is 2.82. The molecule has 1 aliphatic heterocycles. The normalized spacial score (nSPS) is 21.6. The van der Waals surface area contributed by atoms with Crippen LogP contribution >= 0.6 is 11.6 Å². The van der Waals surface area contributed by atoms with Crippen LogP contribution in [0.15, 0.2) is 24.7 Å².